The van der Waals surface area contributed by atoms with Crippen LogP contribution < -0.4 is 0 Å². The molecule has 1 fully saturated rings. The SMILES string of the molecule is O=C(O)C1(CCc2ccccc2)CCCCC1=O. The summed E-state index contributed by atoms with van der Waals surface area (Å²) in [5.74, 6) is -1.03. The van der Waals surface area contributed by atoms with Gasteiger partial charge in [-0.25, -0.2) is 0 Å². The first kappa shape index (κ1) is 12.8. The van der Waals surface area contributed by atoms with Crippen molar-refractivity contribution in [2.45, 2.75) is 38.5 Å². The number of carboxylic acid groups (broad SMARTS) is 1. The third-order valence-electron chi connectivity index (χ3n) is 3.88. The van der Waals surface area contributed by atoms with E-state index >= 15 is 0 Å². The van der Waals surface area contributed by atoms with Gasteiger partial charge in [-0.1, -0.05) is 36.8 Å². The van der Waals surface area contributed by atoms with Gasteiger partial charge in [-0.3, -0.25) is 9.59 Å². The molecule has 0 aliphatic heterocycles. The van der Waals surface area contributed by atoms with E-state index in [4.69, 9.17) is 0 Å². The summed E-state index contributed by atoms with van der Waals surface area (Å²) in [5.41, 5.74) is -0.0369. The summed E-state index contributed by atoms with van der Waals surface area (Å²) >= 11 is 0. The van der Waals surface area contributed by atoms with E-state index in [1.54, 1.807) is 0 Å². The van der Waals surface area contributed by atoms with Crippen LogP contribution in [0.15, 0.2) is 30.3 Å². The molecule has 1 aliphatic rings. The summed E-state index contributed by atoms with van der Waals surface area (Å²) in [6.07, 6.45) is 3.66. The fraction of sp³-hybridized carbons (Fsp3) is 0.467. The predicted octanol–water partition coefficient (Wildman–Crippen LogP) is 2.83. The van der Waals surface area contributed by atoms with Gasteiger partial charge in [0.1, 0.15) is 11.2 Å². The van der Waals surface area contributed by atoms with Crippen LogP contribution in [-0.4, -0.2) is 16.9 Å². The Labute approximate surface area is 107 Å². The van der Waals surface area contributed by atoms with Crippen molar-refractivity contribution in [3.63, 3.8) is 0 Å². The van der Waals surface area contributed by atoms with Crippen molar-refractivity contribution in [3.05, 3.63) is 35.9 Å². The van der Waals surface area contributed by atoms with Crippen LogP contribution >= 0.6 is 0 Å². The maximum Gasteiger partial charge on any atom is 0.317 e. The zero-order chi connectivity index (χ0) is 13.0. The summed E-state index contributed by atoms with van der Waals surface area (Å²) in [6.45, 7) is 0. The summed E-state index contributed by atoms with van der Waals surface area (Å²) in [7, 11) is 0. The zero-order valence-corrected chi connectivity index (χ0v) is 10.4. The minimum atomic E-state index is -1.13. The van der Waals surface area contributed by atoms with Gasteiger partial charge in [-0.05, 0) is 31.2 Å². The number of carbonyl (C=O) groups excluding carboxylic acids is 1. The molecule has 96 valence electrons. The van der Waals surface area contributed by atoms with Crippen molar-refractivity contribution in [1.29, 1.82) is 0 Å². The largest absolute Gasteiger partial charge is 0.480 e. The monoisotopic (exact) mass is 246 g/mol. The average molecular weight is 246 g/mol. The van der Waals surface area contributed by atoms with Crippen LogP contribution in [0.4, 0.5) is 0 Å². The molecule has 0 amide bonds. The van der Waals surface area contributed by atoms with Gasteiger partial charge in [0.25, 0.3) is 0 Å². The molecule has 2 rings (SSSR count). The number of hydrogen-bond acceptors (Lipinski definition) is 2. The van der Waals surface area contributed by atoms with Crippen molar-refractivity contribution in [1.82, 2.24) is 0 Å². The lowest BCUT2D eigenvalue weighted by Crippen LogP contribution is -2.42. The molecule has 1 aliphatic carbocycles. The van der Waals surface area contributed by atoms with Crippen LogP contribution in [0.5, 0.6) is 0 Å². The number of carbonyl (C=O) groups is 2. The van der Waals surface area contributed by atoms with Crippen LogP contribution in [0.2, 0.25) is 0 Å². The Morgan fingerprint density at radius 2 is 1.94 bits per heavy atom. The van der Waals surface area contributed by atoms with Gasteiger partial charge in [0.15, 0.2) is 0 Å². The molecule has 1 saturated carbocycles. The van der Waals surface area contributed by atoms with E-state index in [1.807, 2.05) is 30.3 Å². The van der Waals surface area contributed by atoms with Gasteiger partial charge in [0.05, 0.1) is 0 Å². The van der Waals surface area contributed by atoms with E-state index in [0.717, 1.165) is 18.4 Å². The Bertz CT molecular complexity index is 438. The van der Waals surface area contributed by atoms with E-state index in [2.05, 4.69) is 0 Å². The van der Waals surface area contributed by atoms with Crippen molar-refractivity contribution < 1.29 is 14.7 Å². The lowest BCUT2D eigenvalue weighted by Gasteiger charge is -2.31. The Balaban J connectivity index is 2.12. The molecule has 1 aromatic rings. The molecule has 3 heteroatoms. The molecule has 1 N–H and O–H groups in total. The number of benzene rings is 1. The number of aryl methyl sites for hydroxylation is 1. The second-order valence-electron chi connectivity index (χ2n) is 5.00. The van der Waals surface area contributed by atoms with Gasteiger partial charge >= 0.3 is 5.97 Å². The Morgan fingerprint density at radius 1 is 1.22 bits per heavy atom. The van der Waals surface area contributed by atoms with Crippen LogP contribution in [0.25, 0.3) is 0 Å². The third kappa shape index (κ3) is 2.45. The maximum absolute atomic E-state index is 12.0. The number of hydrogen-bond donors (Lipinski definition) is 1. The van der Waals surface area contributed by atoms with Crippen LogP contribution in [0.3, 0.4) is 0 Å². The van der Waals surface area contributed by atoms with Crippen molar-refractivity contribution in [3.8, 4) is 0 Å². The van der Waals surface area contributed by atoms with Gasteiger partial charge in [-0.15, -0.1) is 0 Å². The van der Waals surface area contributed by atoms with E-state index in [9.17, 15) is 14.7 Å². The summed E-state index contributed by atoms with van der Waals surface area (Å²) in [6, 6.07) is 9.75. The first-order chi connectivity index (χ1) is 8.65. The van der Waals surface area contributed by atoms with Gasteiger partial charge < -0.3 is 5.11 Å². The second-order valence-corrected chi connectivity index (χ2v) is 5.00. The molecule has 18 heavy (non-hydrogen) atoms. The Hall–Kier alpha value is -1.64. The smallest absolute Gasteiger partial charge is 0.317 e. The van der Waals surface area contributed by atoms with Crippen molar-refractivity contribution >= 4 is 11.8 Å². The molecule has 0 spiro atoms. The molecule has 1 atom stereocenters. The van der Waals surface area contributed by atoms with Crippen molar-refractivity contribution in [2.24, 2.45) is 5.41 Å². The minimum Gasteiger partial charge on any atom is -0.480 e. The van der Waals surface area contributed by atoms with Gasteiger partial charge in [0.2, 0.25) is 0 Å². The molecule has 1 unspecified atom stereocenters. The standard InChI is InChI=1S/C15H18O3/c16-13-8-4-5-10-15(13,14(17)18)11-9-12-6-2-1-3-7-12/h1-3,6-7H,4-5,8-11H2,(H,17,18). The number of rotatable bonds is 4. The number of Topliss-reactive ketones (excluding diaryl/α,β-unsaturated/α-hetero) is 1. The zero-order valence-electron chi connectivity index (χ0n) is 10.4. The highest BCUT2D eigenvalue weighted by molar-refractivity contribution is 6.03. The maximum atomic E-state index is 12.0. The summed E-state index contributed by atoms with van der Waals surface area (Å²) < 4.78 is 0. The number of aliphatic carboxylic acids is 1. The van der Waals surface area contributed by atoms with Crippen molar-refractivity contribution in [2.75, 3.05) is 0 Å². The highest BCUT2D eigenvalue weighted by atomic mass is 16.4. The number of ketones is 1. The lowest BCUT2D eigenvalue weighted by atomic mass is 9.70. The van der Waals surface area contributed by atoms with Crippen LogP contribution in [0.1, 0.15) is 37.7 Å². The van der Waals surface area contributed by atoms with Crippen LogP contribution in [0, 0.1) is 5.41 Å². The fourth-order valence-electron chi connectivity index (χ4n) is 2.69. The molecular formula is C15H18O3. The summed E-state index contributed by atoms with van der Waals surface area (Å²) in [5, 5.41) is 9.42. The highest BCUT2D eigenvalue weighted by Crippen LogP contribution is 2.37. The fourth-order valence-corrected chi connectivity index (χ4v) is 2.69. The molecule has 0 heterocycles. The van der Waals surface area contributed by atoms with Gasteiger partial charge in [0, 0.05) is 6.42 Å². The molecule has 0 saturated heterocycles. The first-order valence-corrected chi connectivity index (χ1v) is 6.46. The van der Waals surface area contributed by atoms with Gasteiger partial charge in [-0.2, -0.15) is 0 Å². The molecule has 1 aromatic carbocycles. The highest BCUT2D eigenvalue weighted by Gasteiger charge is 2.46. The Morgan fingerprint density at radius 3 is 2.56 bits per heavy atom. The minimum absolute atomic E-state index is 0.0859. The average Bonchev–Trinajstić information content (AvgIpc) is 2.39. The van der Waals surface area contributed by atoms with E-state index < -0.39 is 11.4 Å². The second kappa shape index (κ2) is 5.34. The van der Waals surface area contributed by atoms with E-state index in [1.165, 1.54) is 0 Å². The molecule has 0 aromatic heterocycles. The molecule has 0 bridgehead atoms. The molecule has 3 nitrogen and oxygen atoms in total. The van der Waals surface area contributed by atoms with E-state index in [-0.39, 0.29) is 5.78 Å². The van der Waals surface area contributed by atoms with E-state index in [0.29, 0.717) is 25.7 Å². The number of carboxylic acids is 1. The quantitative estimate of drug-likeness (QED) is 0.831. The first-order valence-electron chi connectivity index (χ1n) is 6.46. The summed E-state index contributed by atoms with van der Waals surface area (Å²) in [4.78, 5) is 23.5. The van der Waals surface area contributed by atoms with Crippen LogP contribution in [-0.2, 0) is 16.0 Å². The molecular weight excluding hydrogens is 228 g/mol. The molecule has 0 radical (unpaired) electrons. The topological polar surface area (TPSA) is 54.4 Å². The third-order valence-corrected chi connectivity index (χ3v) is 3.88. The lowest BCUT2D eigenvalue weighted by molar-refractivity contribution is -0.157. The Kier molecular flexibility index (Phi) is 3.80. The normalized spacial score (nSPS) is 23.9. The predicted molar refractivity (Wildman–Crippen MR) is 68.3 cm³/mol.